The highest BCUT2D eigenvalue weighted by Gasteiger charge is 2.34. The van der Waals surface area contributed by atoms with E-state index in [1.807, 2.05) is 53.3 Å². The third kappa shape index (κ3) is 7.13. The van der Waals surface area contributed by atoms with Gasteiger partial charge in [0.1, 0.15) is 12.1 Å². The average molecular weight is 506 g/mol. The Labute approximate surface area is 215 Å². The predicted octanol–water partition coefficient (Wildman–Crippen LogP) is 4.60. The van der Waals surface area contributed by atoms with Crippen LogP contribution in [0.5, 0.6) is 0 Å². The van der Waals surface area contributed by atoms with Crippen molar-refractivity contribution in [1.82, 2.24) is 14.8 Å². The van der Waals surface area contributed by atoms with Crippen molar-refractivity contribution in [3.8, 4) is 0 Å². The number of rotatable bonds is 10. The number of aryl methyl sites for hydroxylation is 2. The van der Waals surface area contributed by atoms with Gasteiger partial charge in [0.15, 0.2) is 0 Å². The molecule has 1 aliphatic rings. The van der Waals surface area contributed by atoms with Gasteiger partial charge in [-0.3, -0.25) is 0 Å². The van der Waals surface area contributed by atoms with Crippen LogP contribution in [0.15, 0.2) is 54.7 Å². The maximum atomic E-state index is 13.7. The lowest BCUT2D eigenvalue weighted by Gasteiger charge is -2.31. The quantitative estimate of drug-likeness (QED) is 0.297. The maximum absolute atomic E-state index is 13.7. The average Bonchev–Trinajstić information content (AvgIpc) is 2.89. The van der Waals surface area contributed by atoms with Gasteiger partial charge in [-0.25, -0.2) is 9.97 Å². The molecule has 2 aromatic carbocycles. The fraction of sp³-hybridized carbons (Fsp3) is 0.357. The molecule has 3 aromatic rings. The molecule has 0 bridgehead atoms. The topological polar surface area (TPSA) is 63.2 Å². The minimum atomic E-state index is -4.55. The number of hydrogen-bond donors (Lipinski definition) is 0. The molecule has 1 radical (unpaired) electrons. The van der Waals surface area contributed by atoms with Crippen molar-refractivity contribution in [2.24, 2.45) is 0 Å². The molecule has 1 atom stereocenters. The van der Waals surface area contributed by atoms with Crippen molar-refractivity contribution in [1.29, 1.82) is 0 Å². The highest BCUT2D eigenvalue weighted by molar-refractivity contribution is 6.64. The van der Waals surface area contributed by atoms with Crippen LogP contribution in [0.2, 0.25) is 0 Å². The third-order valence-electron chi connectivity index (χ3n) is 6.81. The zero-order chi connectivity index (χ0) is 26.3. The third-order valence-corrected chi connectivity index (χ3v) is 6.81. The summed E-state index contributed by atoms with van der Waals surface area (Å²) in [6.45, 7) is 1.67. The van der Waals surface area contributed by atoms with Crippen molar-refractivity contribution in [2.75, 3.05) is 13.1 Å². The number of halogens is 3. The zero-order valence-corrected chi connectivity index (χ0v) is 20.5. The van der Waals surface area contributed by atoms with Crippen molar-refractivity contribution >= 4 is 19.9 Å². The molecule has 191 valence electrons. The molecule has 0 N–H and O–H groups in total. The van der Waals surface area contributed by atoms with Crippen molar-refractivity contribution in [2.45, 2.75) is 50.6 Å². The Bertz CT molecular complexity index is 1220. The monoisotopic (exact) mass is 506 g/mol. The summed E-state index contributed by atoms with van der Waals surface area (Å²) in [6, 6.07) is 15.3. The van der Waals surface area contributed by atoms with Gasteiger partial charge in [0.2, 0.25) is 0 Å². The number of piperidine rings is 1. The summed E-state index contributed by atoms with van der Waals surface area (Å²) in [5, 5.41) is 0. The van der Waals surface area contributed by atoms with Crippen LogP contribution in [0.1, 0.15) is 58.1 Å². The summed E-state index contributed by atoms with van der Waals surface area (Å²) in [5.74, 6) is 0.663. The number of carbonyl (C=O) groups is 2. The highest BCUT2D eigenvalue weighted by atomic mass is 19.4. The van der Waals surface area contributed by atoms with E-state index in [0.29, 0.717) is 24.6 Å². The van der Waals surface area contributed by atoms with Gasteiger partial charge in [-0.2, -0.15) is 13.2 Å². The number of aldehydes is 1. The minimum absolute atomic E-state index is 0.0382. The molecule has 1 aromatic heterocycles. The Balaban J connectivity index is 1.49. The van der Waals surface area contributed by atoms with E-state index < -0.39 is 11.7 Å². The molecular weight excluding hydrogens is 478 g/mol. The van der Waals surface area contributed by atoms with E-state index in [9.17, 15) is 22.8 Å². The molecule has 1 aliphatic heterocycles. The number of carbonyl (C=O) groups excluding carboxylic acids is 2. The summed E-state index contributed by atoms with van der Waals surface area (Å²) in [7, 11) is 1.58. The predicted molar refractivity (Wildman–Crippen MR) is 136 cm³/mol. The van der Waals surface area contributed by atoms with Gasteiger partial charge >= 0.3 is 6.18 Å². The van der Waals surface area contributed by atoms with E-state index in [2.05, 4.69) is 9.97 Å². The molecule has 0 saturated carbocycles. The molecule has 0 amide bonds. The van der Waals surface area contributed by atoms with Gasteiger partial charge in [-0.05, 0) is 66.9 Å². The number of benzene rings is 2. The van der Waals surface area contributed by atoms with Crippen LogP contribution in [0, 0.1) is 0 Å². The van der Waals surface area contributed by atoms with Crippen LogP contribution in [0.3, 0.4) is 0 Å². The second-order valence-electron chi connectivity index (χ2n) is 9.32. The molecule has 1 saturated heterocycles. The van der Waals surface area contributed by atoms with Gasteiger partial charge in [-0.1, -0.05) is 48.5 Å². The van der Waals surface area contributed by atoms with Gasteiger partial charge in [0, 0.05) is 19.0 Å². The first-order valence-electron chi connectivity index (χ1n) is 12.4. The first-order chi connectivity index (χ1) is 17.9. The van der Waals surface area contributed by atoms with Crippen LogP contribution in [-0.4, -0.2) is 47.8 Å². The molecule has 2 heterocycles. The van der Waals surface area contributed by atoms with Crippen molar-refractivity contribution in [3.05, 3.63) is 94.1 Å². The lowest BCUT2D eigenvalue weighted by Crippen LogP contribution is -2.37. The molecule has 5 nitrogen and oxygen atoms in total. The zero-order valence-electron chi connectivity index (χ0n) is 20.5. The summed E-state index contributed by atoms with van der Waals surface area (Å²) in [5.41, 5.74) is 2.88. The summed E-state index contributed by atoms with van der Waals surface area (Å²) < 4.78 is 41.0. The van der Waals surface area contributed by atoms with Gasteiger partial charge < -0.3 is 14.4 Å². The van der Waals surface area contributed by atoms with Crippen molar-refractivity contribution in [3.63, 3.8) is 0 Å². The number of hydrogen-bond acceptors (Lipinski definition) is 5. The Kier molecular flexibility index (Phi) is 8.87. The van der Waals surface area contributed by atoms with Crippen LogP contribution in [0.25, 0.3) is 0 Å². The van der Waals surface area contributed by atoms with Gasteiger partial charge in [0.25, 0.3) is 7.41 Å². The highest BCUT2D eigenvalue weighted by Crippen LogP contribution is 2.32. The van der Waals surface area contributed by atoms with E-state index in [1.54, 1.807) is 7.41 Å². The van der Waals surface area contributed by atoms with E-state index in [4.69, 9.17) is 0 Å². The molecule has 0 spiro atoms. The van der Waals surface area contributed by atoms with Crippen LogP contribution >= 0.6 is 0 Å². The van der Waals surface area contributed by atoms with Gasteiger partial charge in [0.05, 0.1) is 17.4 Å². The Morgan fingerprint density at radius 3 is 2.49 bits per heavy atom. The molecule has 9 heteroatoms. The fourth-order valence-electron chi connectivity index (χ4n) is 4.90. The van der Waals surface area contributed by atoms with Crippen LogP contribution in [-0.2, 0) is 41.4 Å². The van der Waals surface area contributed by atoms with E-state index >= 15 is 0 Å². The first-order valence-corrected chi connectivity index (χ1v) is 12.4. The van der Waals surface area contributed by atoms with Crippen LogP contribution in [0.4, 0.5) is 13.2 Å². The fourth-order valence-corrected chi connectivity index (χ4v) is 4.90. The SMILES string of the molecule is O=C[B]N1CCCC(c2ccc(Cc3ncc(C(F)(F)F)c(CCc4ccccc4CC=O)n3)cc2)C1. The summed E-state index contributed by atoms with van der Waals surface area (Å²) >= 11 is 0. The van der Waals surface area contributed by atoms with E-state index in [0.717, 1.165) is 61.3 Å². The second-order valence-corrected chi connectivity index (χ2v) is 9.32. The minimum Gasteiger partial charge on any atom is -0.339 e. The lowest BCUT2D eigenvalue weighted by molar-refractivity contribution is -0.138. The smallest absolute Gasteiger partial charge is 0.339 e. The first kappa shape index (κ1) is 26.7. The lowest BCUT2D eigenvalue weighted by atomic mass is 9.84. The largest absolute Gasteiger partial charge is 0.419 e. The van der Waals surface area contributed by atoms with Crippen molar-refractivity contribution < 1.29 is 22.8 Å². The Hall–Kier alpha value is -3.33. The summed E-state index contributed by atoms with van der Waals surface area (Å²) in [4.78, 5) is 32.2. The molecule has 4 rings (SSSR count). The molecular formula is C28H28BF3N3O2. The van der Waals surface area contributed by atoms with E-state index in [-0.39, 0.29) is 18.5 Å². The number of alkyl halides is 3. The van der Waals surface area contributed by atoms with Crippen LogP contribution < -0.4 is 0 Å². The number of nitrogens with zero attached hydrogens (tertiary/aromatic N) is 3. The normalized spacial score (nSPS) is 16.4. The molecule has 1 unspecified atom stereocenters. The maximum Gasteiger partial charge on any atom is 0.419 e. The van der Waals surface area contributed by atoms with E-state index in [1.165, 1.54) is 5.56 Å². The molecule has 0 aliphatic carbocycles. The molecule has 37 heavy (non-hydrogen) atoms. The molecule has 1 fully saturated rings. The number of aromatic nitrogens is 2. The summed E-state index contributed by atoms with van der Waals surface area (Å²) in [6.07, 6.45) is 0.979. The Morgan fingerprint density at radius 2 is 1.78 bits per heavy atom. The Morgan fingerprint density at radius 1 is 1.03 bits per heavy atom. The standard InChI is InChI=1S/C28H28BF3N3O2/c30-28(31,32)25-17-33-27(34-26(25)12-11-21-4-1-2-5-22(21)13-15-36)16-20-7-9-23(10-8-20)24-6-3-14-35(18-24)29-19-37/h1-2,4-5,7-10,15,17,19,24H,3,6,11-14,16,18H2. The van der Waals surface area contributed by atoms with Gasteiger partial charge in [-0.15, -0.1) is 0 Å². The second kappa shape index (κ2) is 12.3.